The van der Waals surface area contributed by atoms with Gasteiger partial charge in [0.15, 0.2) is 33.4 Å². The van der Waals surface area contributed by atoms with E-state index in [2.05, 4.69) is 10.3 Å². The van der Waals surface area contributed by atoms with Crippen LogP contribution < -0.4 is 10.1 Å². The molecule has 2 aromatic carbocycles. The van der Waals surface area contributed by atoms with E-state index in [1.165, 1.54) is 11.3 Å². The largest absolute Gasteiger partial charge is 0.448 e. The van der Waals surface area contributed by atoms with E-state index in [-0.39, 0.29) is 12.1 Å². The molecule has 0 amide bonds. The second kappa shape index (κ2) is 8.11. The van der Waals surface area contributed by atoms with Crippen molar-refractivity contribution in [3.8, 4) is 11.5 Å². The minimum atomic E-state index is -4.94. The molecule has 3 nitrogen and oxygen atoms in total. The molecule has 29 heavy (non-hydrogen) atoms. The van der Waals surface area contributed by atoms with E-state index in [0.717, 1.165) is 17.0 Å². The molecule has 0 spiro atoms. The Hall–Kier alpha value is -2.46. The average molecular weight is 453 g/mol. The maximum Gasteiger partial charge on any atom is 0.416 e. The zero-order valence-corrected chi connectivity index (χ0v) is 16.1. The lowest BCUT2D eigenvalue weighted by atomic mass is 10.1. The maximum absolute atomic E-state index is 14.2. The van der Waals surface area contributed by atoms with Crippen molar-refractivity contribution < 1.29 is 31.1 Å². The molecule has 11 heteroatoms. The first-order chi connectivity index (χ1) is 13.5. The molecular formula is C18H11ClF6N2OS. The highest BCUT2D eigenvalue weighted by atomic mass is 35.5. The zero-order chi connectivity index (χ0) is 21.3. The second-order valence-corrected chi connectivity index (χ2v) is 7.60. The van der Waals surface area contributed by atoms with E-state index in [9.17, 15) is 26.3 Å². The lowest BCUT2D eigenvalue weighted by Gasteiger charge is -2.15. The monoisotopic (exact) mass is 452 g/mol. The van der Waals surface area contributed by atoms with Gasteiger partial charge in [-0.15, -0.1) is 11.3 Å². The van der Waals surface area contributed by atoms with Gasteiger partial charge in [-0.3, -0.25) is 0 Å². The van der Waals surface area contributed by atoms with E-state index in [0.29, 0.717) is 22.3 Å². The number of nitrogens with one attached hydrogen (secondary N) is 1. The fourth-order valence-electron chi connectivity index (χ4n) is 2.40. The van der Waals surface area contributed by atoms with Crippen LogP contribution in [0.25, 0.3) is 0 Å². The highest BCUT2D eigenvalue weighted by molar-refractivity contribution is 7.15. The number of rotatable bonds is 5. The molecule has 0 aliphatic rings. The number of hydrogen-bond donors (Lipinski definition) is 1. The quantitative estimate of drug-likeness (QED) is 0.425. The van der Waals surface area contributed by atoms with Crippen molar-refractivity contribution in [3.63, 3.8) is 0 Å². The van der Waals surface area contributed by atoms with E-state index < -0.39 is 40.7 Å². The summed E-state index contributed by atoms with van der Waals surface area (Å²) >= 11 is 6.97. The van der Waals surface area contributed by atoms with E-state index in [4.69, 9.17) is 16.3 Å². The predicted octanol–water partition coefficient (Wildman–Crippen LogP) is 6.95. The van der Waals surface area contributed by atoms with Crippen molar-refractivity contribution in [2.24, 2.45) is 0 Å². The van der Waals surface area contributed by atoms with E-state index >= 15 is 0 Å². The molecule has 1 N–H and O–H groups in total. The van der Waals surface area contributed by atoms with Crippen molar-refractivity contribution in [2.45, 2.75) is 19.6 Å². The number of benzene rings is 2. The van der Waals surface area contributed by atoms with Crippen molar-refractivity contribution >= 4 is 28.6 Å². The van der Waals surface area contributed by atoms with Gasteiger partial charge >= 0.3 is 6.18 Å². The van der Waals surface area contributed by atoms with Gasteiger partial charge in [0.25, 0.3) is 0 Å². The van der Waals surface area contributed by atoms with Gasteiger partial charge in [-0.25, -0.2) is 18.2 Å². The topological polar surface area (TPSA) is 34.1 Å². The molecule has 0 atom stereocenters. The summed E-state index contributed by atoms with van der Waals surface area (Å²) in [7, 11) is 0. The van der Waals surface area contributed by atoms with Crippen LogP contribution in [0, 0.1) is 24.4 Å². The highest BCUT2D eigenvalue weighted by Crippen LogP contribution is 2.37. The second-order valence-electron chi connectivity index (χ2n) is 5.90. The van der Waals surface area contributed by atoms with Crippen LogP contribution in [0.2, 0.25) is 4.47 Å². The minimum Gasteiger partial charge on any atom is -0.448 e. The first kappa shape index (κ1) is 21.3. The van der Waals surface area contributed by atoms with Gasteiger partial charge < -0.3 is 10.1 Å². The summed E-state index contributed by atoms with van der Waals surface area (Å²) < 4.78 is 85.4. The third kappa shape index (κ3) is 4.94. The third-order valence-corrected chi connectivity index (χ3v) is 4.91. The summed E-state index contributed by atoms with van der Waals surface area (Å²) in [6, 6.07) is 2.38. The Morgan fingerprint density at radius 1 is 1.07 bits per heavy atom. The van der Waals surface area contributed by atoms with Crippen LogP contribution in [0.3, 0.4) is 0 Å². The standard InChI is InChI=1S/C18H11ClF6N2OS/c1-8-2-11(20)15(5-14(8)26-6-10-7-27-17(19)29-10)28-16-12(21)3-9(4-13(16)22)18(23,24)25/h2-5,7,26H,6H2,1H3. The summed E-state index contributed by atoms with van der Waals surface area (Å²) in [5.41, 5.74) is -0.660. The van der Waals surface area contributed by atoms with Gasteiger partial charge in [-0.1, -0.05) is 11.6 Å². The molecule has 0 radical (unpaired) electrons. The molecule has 1 heterocycles. The molecule has 3 rings (SSSR count). The fourth-order valence-corrected chi connectivity index (χ4v) is 3.32. The van der Waals surface area contributed by atoms with Crippen LogP contribution in [0.5, 0.6) is 11.5 Å². The molecule has 0 saturated carbocycles. The average Bonchev–Trinajstić information content (AvgIpc) is 3.03. The van der Waals surface area contributed by atoms with Gasteiger partial charge in [-0.05, 0) is 30.7 Å². The molecule has 0 fully saturated rings. The minimum absolute atomic E-state index is 0.0806. The summed E-state index contributed by atoms with van der Waals surface area (Å²) in [5, 5.41) is 2.98. The molecule has 0 bridgehead atoms. The SMILES string of the molecule is Cc1cc(F)c(Oc2c(F)cc(C(F)(F)F)cc2F)cc1NCc1cnc(Cl)s1. The van der Waals surface area contributed by atoms with Crippen LogP contribution in [-0.4, -0.2) is 4.98 Å². The van der Waals surface area contributed by atoms with Gasteiger partial charge in [0.05, 0.1) is 12.1 Å². The highest BCUT2D eigenvalue weighted by Gasteiger charge is 2.33. The Kier molecular flexibility index (Phi) is 5.95. The molecule has 154 valence electrons. The Labute approximate surface area is 169 Å². The smallest absolute Gasteiger partial charge is 0.416 e. The number of ether oxygens (including phenoxy) is 1. The van der Waals surface area contributed by atoms with Crippen molar-refractivity contribution in [1.82, 2.24) is 4.98 Å². The van der Waals surface area contributed by atoms with Crippen molar-refractivity contribution in [3.05, 3.63) is 68.4 Å². The molecule has 3 aromatic rings. The Bertz CT molecular complexity index is 1030. The van der Waals surface area contributed by atoms with Crippen LogP contribution >= 0.6 is 22.9 Å². The number of aromatic nitrogens is 1. The molecule has 0 aliphatic carbocycles. The summed E-state index contributed by atoms with van der Waals surface area (Å²) in [4.78, 5) is 4.66. The Morgan fingerprint density at radius 3 is 2.28 bits per heavy atom. The lowest BCUT2D eigenvalue weighted by Crippen LogP contribution is -2.07. The van der Waals surface area contributed by atoms with Crippen molar-refractivity contribution in [2.75, 3.05) is 5.32 Å². The van der Waals surface area contributed by atoms with Crippen LogP contribution in [-0.2, 0) is 12.7 Å². The number of aryl methyl sites for hydroxylation is 1. The number of hydrogen-bond acceptors (Lipinski definition) is 4. The summed E-state index contributed by atoms with van der Waals surface area (Å²) in [5.74, 6) is -5.84. The molecular weight excluding hydrogens is 442 g/mol. The lowest BCUT2D eigenvalue weighted by molar-refractivity contribution is -0.138. The van der Waals surface area contributed by atoms with Gasteiger partial charge in [0.1, 0.15) is 0 Å². The fraction of sp³-hybridized carbons (Fsp3) is 0.167. The van der Waals surface area contributed by atoms with Gasteiger partial charge in [0, 0.05) is 22.8 Å². The molecule has 0 saturated heterocycles. The normalized spacial score (nSPS) is 11.6. The van der Waals surface area contributed by atoms with Crippen LogP contribution in [0.1, 0.15) is 16.0 Å². The summed E-state index contributed by atoms with van der Waals surface area (Å²) in [6.07, 6.45) is -3.39. The van der Waals surface area contributed by atoms with E-state index in [1.54, 1.807) is 13.1 Å². The number of halogens is 7. The molecule has 0 aliphatic heterocycles. The Balaban J connectivity index is 1.87. The van der Waals surface area contributed by atoms with Crippen LogP contribution in [0.4, 0.5) is 32.0 Å². The number of alkyl halides is 3. The molecule has 1 aromatic heterocycles. The maximum atomic E-state index is 14.2. The zero-order valence-electron chi connectivity index (χ0n) is 14.5. The Morgan fingerprint density at radius 2 is 1.72 bits per heavy atom. The van der Waals surface area contributed by atoms with Gasteiger partial charge in [-0.2, -0.15) is 13.2 Å². The van der Waals surface area contributed by atoms with E-state index in [1.807, 2.05) is 0 Å². The first-order valence-corrected chi connectivity index (χ1v) is 9.12. The first-order valence-electron chi connectivity index (χ1n) is 7.93. The van der Waals surface area contributed by atoms with Crippen molar-refractivity contribution in [1.29, 1.82) is 0 Å². The third-order valence-electron chi connectivity index (χ3n) is 3.79. The number of nitrogens with zero attached hydrogens (tertiary/aromatic N) is 1. The number of anilines is 1. The van der Waals surface area contributed by atoms with Gasteiger partial charge in [0.2, 0.25) is 0 Å². The number of thiazole rings is 1. The predicted molar refractivity (Wildman–Crippen MR) is 97.0 cm³/mol. The summed E-state index contributed by atoms with van der Waals surface area (Å²) in [6.45, 7) is 1.88. The molecule has 0 unspecified atom stereocenters. The van der Waals surface area contributed by atoms with Crippen LogP contribution in [0.15, 0.2) is 30.5 Å².